The highest BCUT2D eigenvalue weighted by atomic mass is 79.9. The van der Waals surface area contributed by atoms with Crippen molar-refractivity contribution in [1.29, 1.82) is 0 Å². The molecule has 2 nitrogen and oxygen atoms in total. The zero-order valence-electron chi connectivity index (χ0n) is 11.7. The number of nitrogens with two attached hydrogens (primary N) is 1. The second-order valence-corrected chi connectivity index (χ2v) is 8.10. The first kappa shape index (κ1) is 15.9. The Morgan fingerprint density at radius 1 is 1.40 bits per heavy atom. The van der Waals surface area contributed by atoms with Gasteiger partial charge in [0.15, 0.2) is 0 Å². The third-order valence-electron chi connectivity index (χ3n) is 3.07. The number of benzene rings is 1. The highest BCUT2D eigenvalue weighted by Crippen LogP contribution is 2.31. The normalized spacial score (nSPS) is 10.8. The third-order valence-corrected chi connectivity index (χ3v) is 5.60. The molecule has 1 heterocycles. The van der Waals surface area contributed by atoms with Crippen LogP contribution in [0.15, 0.2) is 38.3 Å². The first-order valence-corrected chi connectivity index (χ1v) is 9.20. The summed E-state index contributed by atoms with van der Waals surface area (Å²) in [6.07, 6.45) is 0. The summed E-state index contributed by atoms with van der Waals surface area (Å²) >= 11 is 7.10. The fourth-order valence-corrected chi connectivity index (χ4v) is 4.24. The van der Waals surface area contributed by atoms with Gasteiger partial charge in [0.2, 0.25) is 0 Å². The molecule has 2 rings (SSSR count). The van der Waals surface area contributed by atoms with Crippen molar-refractivity contribution in [1.82, 2.24) is 0 Å². The highest BCUT2D eigenvalue weighted by molar-refractivity contribution is 9.11. The Balaban J connectivity index is 2.24. The van der Waals surface area contributed by atoms with E-state index in [0.717, 1.165) is 12.3 Å². The predicted molar refractivity (Wildman–Crippen MR) is 94.9 cm³/mol. The molecule has 0 aliphatic carbocycles. The lowest BCUT2D eigenvalue weighted by atomic mass is 10.1. The Morgan fingerprint density at radius 3 is 2.80 bits per heavy atom. The van der Waals surface area contributed by atoms with Crippen LogP contribution in [-0.4, -0.2) is 12.8 Å². The lowest BCUT2D eigenvalue weighted by molar-refractivity contribution is 0.897. The van der Waals surface area contributed by atoms with Crippen LogP contribution in [0.5, 0.6) is 0 Å². The molecule has 0 radical (unpaired) electrons. The number of halogens is 1. The van der Waals surface area contributed by atoms with Gasteiger partial charge in [-0.2, -0.15) is 0 Å². The Labute approximate surface area is 137 Å². The van der Waals surface area contributed by atoms with Gasteiger partial charge in [-0.05, 0) is 50.8 Å². The van der Waals surface area contributed by atoms with Gasteiger partial charge in [-0.1, -0.05) is 13.0 Å². The molecule has 1 aromatic heterocycles. The van der Waals surface area contributed by atoms with Crippen LogP contribution in [-0.2, 0) is 13.1 Å². The second kappa shape index (κ2) is 7.50. The molecule has 108 valence electrons. The van der Waals surface area contributed by atoms with Crippen molar-refractivity contribution in [3.8, 4) is 0 Å². The fourth-order valence-electron chi connectivity index (χ4n) is 2.20. The van der Waals surface area contributed by atoms with E-state index in [0.29, 0.717) is 6.54 Å². The summed E-state index contributed by atoms with van der Waals surface area (Å²) in [6.45, 7) is 3.65. The lowest BCUT2D eigenvalue weighted by Crippen LogP contribution is -2.19. The zero-order chi connectivity index (χ0) is 14.5. The smallest absolute Gasteiger partial charge is 0.0701 e. The topological polar surface area (TPSA) is 29.3 Å². The van der Waals surface area contributed by atoms with E-state index in [1.165, 1.54) is 25.5 Å². The van der Waals surface area contributed by atoms with E-state index < -0.39 is 0 Å². The summed E-state index contributed by atoms with van der Waals surface area (Å²) in [7, 11) is 2.13. The Hall–Kier alpha value is -0.490. The summed E-state index contributed by atoms with van der Waals surface area (Å²) in [6, 6.07) is 8.61. The average molecular weight is 371 g/mol. The average Bonchev–Trinajstić information content (AvgIpc) is 2.84. The highest BCUT2D eigenvalue weighted by Gasteiger charge is 2.11. The number of anilines is 1. The van der Waals surface area contributed by atoms with Crippen molar-refractivity contribution in [3.63, 3.8) is 0 Å². The molecule has 0 saturated carbocycles. The number of thiophene rings is 1. The number of hydrogen-bond donors (Lipinski definition) is 1. The van der Waals surface area contributed by atoms with Crippen molar-refractivity contribution < 1.29 is 0 Å². The van der Waals surface area contributed by atoms with Gasteiger partial charge in [0.25, 0.3) is 0 Å². The minimum Gasteiger partial charge on any atom is -0.370 e. The van der Waals surface area contributed by atoms with E-state index in [2.05, 4.69) is 64.4 Å². The van der Waals surface area contributed by atoms with Gasteiger partial charge in [0, 0.05) is 36.3 Å². The summed E-state index contributed by atoms with van der Waals surface area (Å²) in [5.41, 5.74) is 9.77. The van der Waals surface area contributed by atoms with Crippen LogP contribution in [0.25, 0.3) is 0 Å². The van der Waals surface area contributed by atoms with Crippen molar-refractivity contribution in [2.75, 3.05) is 17.7 Å². The predicted octanol–water partition coefficient (Wildman–Crippen LogP) is 4.72. The number of rotatable bonds is 6. The summed E-state index contributed by atoms with van der Waals surface area (Å²) in [5.74, 6) is 1.07. The van der Waals surface area contributed by atoms with Crippen molar-refractivity contribution in [3.05, 3.63) is 44.6 Å². The van der Waals surface area contributed by atoms with Crippen molar-refractivity contribution in [2.45, 2.75) is 24.9 Å². The molecular weight excluding hydrogens is 352 g/mol. The van der Waals surface area contributed by atoms with Crippen molar-refractivity contribution in [2.24, 2.45) is 5.73 Å². The van der Waals surface area contributed by atoms with Gasteiger partial charge in [-0.25, -0.2) is 0 Å². The largest absolute Gasteiger partial charge is 0.370 e. The van der Waals surface area contributed by atoms with Gasteiger partial charge >= 0.3 is 0 Å². The number of hydrogen-bond acceptors (Lipinski definition) is 4. The molecule has 5 heteroatoms. The standard InChI is InChI=1S/C15H19BrN2S2/c1-3-19-14-6-4-5-13(12(14)8-17)18(2)9-11-7-15(16)20-10-11/h4-7,10H,3,8-9,17H2,1-2H3. The fraction of sp³-hybridized carbons (Fsp3) is 0.333. The van der Waals surface area contributed by atoms with Gasteiger partial charge in [0.1, 0.15) is 0 Å². The third kappa shape index (κ3) is 3.79. The molecule has 2 aromatic rings. The summed E-state index contributed by atoms with van der Waals surface area (Å²) in [5, 5.41) is 2.19. The molecule has 2 N–H and O–H groups in total. The molecule has 20 heavy (non-hydrogen) atoms. The number of thioether (sulfide) groups is 1. The van der Waals surface area contributed by atoms with E-state index in [4.69, 9.17) is 5.73 Å². The van der Waals surface area contributed by atoms with Gasteiger partial charge in [-0.15, -0.1) is 23.1 Å². The zero-order valence-corrected chi connectivity index (χ0v) is 14.9. The maximum absolute atomic E-state index is 5.97. The van der Waals surface area contributed by atoms with E-state index in [1.807, 2.05) is 11.8 Å². The quantitative estimate of drug-likeness (QED) is 0.745. The SMILES string of the molecule is CCSc1cccc(N(C)Cc2csc(Br)c2)c1CN. The van der Waals surface area contributed by atoms with Crippen LogP contribution in [0.1, 0.15) is 18.1 Å². The minimum absolute atomic E-state index is 0.580. The molecule has 1 aromatic carbocycles. The second-order valence-electron chi connectivity index (χ2n) is 4.51. The monoisotopic (exact) mass is 370 g/mol. The van der Waals surface area contributed by atoms with E-state index >= 15 is 0 Å². The first-order chi connectivity index (χ1) is 9.65. The molecule has 0 aliphatic rings. The molecule has 0 bridgehead atoms. The first-order valence-electron chi connectivity index (χ1n) is 6.54. The molecule has 0 atom stereocenters. The molecule has 0 amide bonds. The van der Waals surface area contributed by atoms with Gasteiger partial charge in [-0.3, -0.25) is 0 Å². The Kier molecular flexibility index (Phi) is 5.96. The van der Waals surface area contributed by atoms with Crippen LogP contribution in [0.4, 0.5) is 5.69 Å². The van der Waals surface area contributed by atoms with Crippen LogP contribution < -0.4 is 10.6 Å². The molecule has 0 aliphatic heterocycles. The number of nitrogens with zero attached hydrogens (tertiary/aromatic N) is 1. The van der Waals surface area contributed by atoms with E-state index in [-0.39, 0.29) is 0 Å². The maximum Gasteiger partial charge on any atom is 0.0701 e. The van der Waals surface area contributed by atoms with Crippen LogP contribution in [0.2, 0.25) is 0 Å². The van der Waals surface area contributed by atoms with Gasteiger partial charge in [0.05, 0.1) is 3.79 Å². The maximum atomic E-state index is 5.97. The molecule has 0 saturated heterocycles. The summed E-state index contributed by atoms with van der Waals surface area (Å²) < 4.78 is 1.18. The van der Waals surface area contributed by atoms with Crippen LogP contribution >= 0.6 is 39.0 Å². The molecular formula is C15H19BrN2S2. The summed E-state index contributed by atoms with van der Waals surface area (Å²) in [4.78, 5) is 3.57. The minimum atomic E-state index is 0.580. The van der Waals surface area contributed by atoms with E-state index in [9.17, 15) is 0 Å². The molecule has 0 unspecified atom stereocenters. The lowest BCUT2D eigenvalue weighted by Gasteiger charge is -2.23. The van der Waals surface area contributed by atoms with Gasteiger partial charge < -0.3 is 10.6 Å². The van der Waals surface area contributed by atoms with E-state index in [1.54, 1.807) is 11.3 Å². The Morgan fingerprint density at radius 2 is 2.20 bits per heavy atom. The van der Waals surface area contributed by atoms with Crippen molar-refractivity contribution >= 4 is 44.7 Å². The molecule has 0 spiro atoms. The molecule has 0 fully saturated rings. The van der Waals surface area contributed by atoms with Crippen LogP contribution in [0.3, 0.4) is 0 Å². The van der Waals surface area contributed by atoms with Crippen LogP contribution in [0, 0.1) is 0 Å². The Bertz CT molecular complexity index is 569.